The topological polar surface area (TPSA) is 0 Å². The van der Waals surface area contributed by atoms with E-state index < -0.39 is 0 Å². The number of unbranched alkanes of at least 4 members (excludes halogenated alkanes) is 20. The largest absolute Gasteiger partial charge is 0.0704 e. The molecule has 0 bridgehead atoms. The van der Waals surface area contributed by atoms with Crippen LogP contribution in [0.5, 0.6) is 0 Å². The summed E-state index contributed by atoms with van der Waals surface area (Å²) in [5.41, 5.74) is 4.58. The Morgan fingerprint density at radius 3 is 1.19 bits per heavy atom. The fraction of sp³-hybridized carbons (Fsp3) is 0.946. The first kappa shape index (κ1) is 34.8. The smallest absolute Gasteiger partial charge is 0.00824 e. The Morgan fingerprint density at radius 1 is 0.405 bits per heavy atom. The molecule has 0 N–H and O–H groups in total. The van der Waals surface area contributed by atoms with E-state index in [4.69, 9.17) is 0 Å². The lowest BCUT2D eigenvalue weighted by Gasteiger charge is -2.34. The maximum Gasteiger partial charge on any atom is -0.00824 e. The van der Waals surface area contributed by atoms with E-state index in [1.165, 1.54) is 193 Å². The molecule has 1 aliphatic rings. The van der Waals surface area contributed by atoms with Crippen LogP contribution in [0.1, 0.15) is 220 Å². The standard InChI is InChI=1S/C37H72/c1-5-9-13-17-21-25-29-35-31-34-37(32-27-23-19-15-11-7-3,33-28-24-20-16-12-8-4)36(35)30-26-22-18-14-10-6-2/h5-34H2,1-4H3. The van der Waals surface area contributed by atoms with Crippen LogP contribution in [0.15, 0.2) is 11.1 Å². The van der Waals surface area contributed by atoms with Crippen molar-refractivity contribution >= 4 is 0 Å². The second-order valence-corrected chi connectivity index (χ2v) is 12.9. The fourth-order valence-electron chi connectivity index (χ4n) is 7.15. The average Bonchev–Trinajstić information content (AvgIpc) is 3.24. The Kier molecular flexibility index (Phi) is 23.3. The molecule has 0 radical (unpaired) electrons. The molecule has 0 fully saturated rings. The summed E-state index contributed by atoms with van der Waals surface area (Å²) in [6.45, 7) is 9.37. The van der Waals surface area contributed by atoms with Crippen LogP contribution in [-0.4, -0.2) is 0 Å². The molecule has 37 heavy (non-hydrogen) atoms. The number of hydrogen-bond acceptors (Lipinski definition) is 0. The molecule has 0 atom stereocenters. The minimum absolute atomic E-state index is 0.594. The quantitative estimate of drug-likeness (QED) is 0.0716. The summed E-state index contributed by atoms with van der Waals surface area (Å²) in [6.07, 6.45) is 43.6. The highest BCUT2D eigenvalue weighted by Gasteiger charge is 2.38. The molecule has 0 aromatic carbocycles. The van der Waals surface area contributed by atoms with Crippen LogP contribution in [0.2, 0.25) is 0 Å². The molecule has 0 spiro atoms. The number of allylic oxidation sites excluding steroid dienone is 2. The van der Waals surface area contributed by atoms with Gasteiger partial charge in [0.15, 0.2) is 0 Å². The third kappa shape index (κ3) is 16.4. The molecule has 0 heteroatoms. The first-order valence-electron chi connectivity index (χ1n) is 17.9. The van der Waals surface area contributed by atoms with Gasteiger partial charge in [-0.15, -0.1) is 0 Å². The third-order valence-electron chi connectivity index (χ3n) is 9.60. The molecule has 0 nitrogen and oxygen atoms in total. The normalized spacial score (nSPS) is 15.2. The Morgan fingerprint density at radius 2 is 0.757 bits per heavy atom. The minimum Gasteiger partial charge on any atom is -0.0704 e. The van der Waals surface area contributed by atoms with Gasteiger partial charge in [-0.3, -0.25) is 0 Å². The molecule has 0 aliphatic heterocycles. The van der Waals surface area contributed by atoms with Crippen LogP contribution in [0.25, 0.3) is 0 Å². The Hall–Kier alpha value is -0.260. The van der Waals surface area contributed by atoms with Crippen LogP contribution in [0, 0.1) is 5.41 Å². The Labute approximate surface area is 236 Å². The predicted octanol–water partition coefficient (Wildman–Crippen LogP) is 14.1. The zero-order valence-electron chi connectivity index (χ0n) is 26.7. The zero-order chi connectivity index (χ0) is 26.9. The lowest BCUT2D eigenvalue weighted by atomic mass is 9.71. The molecule has 1 aliphatic carbocycles. The van der Waals surface area contributed by atoms with E-state index in [0.717, 1.165) is 0 Å². The highest BCUT2D eigenvalue weighted by molar-refractivity contribution is 5.29. The van der Waals surface area contributed by atoms with Crippen molar-refractivity contribution in [2.75, 3.05) is 0 Å². The maximum absolute atomic E-state index is 2.35. The van der Waals surface area contributed by atoms with Gasteiger partial charge >= 0.3 is 0 Å². The van der Waals surface area contributed by atoms with Crippen LogP contribution >= 0.6 is 0 Å². The molecule has 0 amide bonds. The highest BCUT2D eigenvalue weighted by Crippen LogP contribution is 2.53. The molecule has 1 rings (SSSR count). The molecular formula is C37H72. The van der Waals surface area contributed by atoms with Crippen molar-refractivity contribution in [3.63, 3.8) is 0 Å². The van der Waals surface area contributed by atoms with Gasteiger partial charge in [0.1, 0.15) is 0 Å². The summed E-state index contributed by atoms with van der Waals surface area (Å²) in [7, 11) is 0. The summed E-state index contributed by atoms with van der Waals surface area (Å²) in [5.74, 6) is 0. The van der Waals surface area contributed by atoms with Crippen molar-refractivity contribution < 1.29 is 0 Å². The van der Waals surface area contributed by atoms with Crippen molar-refractivity contribution in [1.29, 1.82) is 0 Å². The molecule has 0 aromatic rings. The van der Waals surface area contributed by atoms with Crippen molar-refractivity contribution in [2.24, 2.45) is 5.41 Å². The van der Waals surface area contributed by atoms with Gasteiger partial charge < -0.3 is 0 Å². The summed E-state index contributed by atoms with van der Waals surface area (Å²) < 4.78 is 0. The van der Waals surface area contributed by atoms with Crippen molar-refractivity contribution in [3.05, 3.63) is 11.1 Å². The lowest BCUT2D eigenvalue weighted by molar-refractivity contribution is 0.265. The van der Waals surface area contributed by atoms with E-state index in [2.05, 4.69) is 27.7 Å². The van der Waals surface area contributed by atoms with E-state index in [1.807, 2.05) is 11.1 Å². The van der Waals surface area contributed by atoms with Crippen LogP contribution in [-0.2, 0) is 0 Å². The van der Waals surface area contributed by atoms with Gasteiger partial charge in [-0.25, -0.2) is 0 Å². The van der Waals surface area contributed by atoms with Crippen molar-refractivity contribution in [1.82, 2.24) is 0 Å². The van der Waals surface area contributed by atoms with Crippen molar-refractivity contribution in [2.45, 2.75) is 220 Å². The SMILES string of the molecule is CCCCCCCCC1=C(CCCCCCCC)C(CCCCCCCC)(CCCCCCCC)CC1. The second kappa shape index (κ2) is 24.8. The van der Waals surface area contributed by atoms with E-state index in [1.54, 1.807) is 0 Å². The van der Waals surface area contributed by atoms with Gasteiger partial charge in [0, 0.05) is 0 Å². The lowest BCUT2D eigenvalue weighted by Crippen LogP contribution is -2.21. The van der Waals surface area contributed by atoms with E-state index in [0.29, 0.717) is 5.41 Å². The van der Waals surface area contributed by atoms with Crippen LogP contribution in [0.4, 0.5) is 0 Å². The monoisotopic (exact) mass is 517 g/mol. The first-order valence-corrected chi connectivity index (χ1v) is 17.9. The zero-order valence-corrected chi connectivity index (χ0v) is 26.7. The summed E-state index contributed by atoms with van der Waals surface area (Å²) in [6, 6.07) is 0. The second-order valence-electron chi connectivity index (χ2n) is 12.9. The predicted molar refractivity (Wildman–Crippen MR) is 171 cm³/mol. The summed E-state index contributed by atoms with van der Waals surface area (Å²) in [4.78, 5) is 0. The number of rotatable bonds is 28. The molecule has 0 saturated carbocycles. The van der Waals surface area contributed by atoms with Crippen molar-refractivity contribution in [3.8, 4) is 0 Å². The van der Waals surface area contributed by atoms with Gasteiger partial charge in [0.25, 0.3) is 0 Å². The average molecular weight is 517 g/mol. The van der Waals surface area contributed by atoms with Gasteiger partial charge in [-0.1, -0.05) is 180 Å². The van der Waals surface area contributed by atoms with E-state index >= 15 is 0 Å². The Bertz CT molecular complexity index is 496. The first-order chi connectivity index (χ1) is 18.2. The van der Waals surface area contributed by atoms with Gasteiger partial charge in [-0.2, -0.15) is 0 Å². The molecule has 0 aromatic heterocycles. The summed E-state index contributed by atoms with van der Waals surface area (Å²) >= 11 is 0. The van der Waals surface area contributed by atoms with Gasteiger partial charge in [-0.05, 0) is 56.8 Å². The summed E-state index contributed by atoms with van der Waals surface area (Å²) in [5, 5.41) is 0. The van der Waals surface area contributed by atoms with Gasteiger partial charge in [0.05, 0.1) is 0 Å². The van der Waals surface area contributed by atoms with E-state index in [-0.39, 0.29) is 0 Å². The molecule has 0 saturated heterocycles. The molecule has 0 unspecified atom stereocenters. The molecule has 0 heterocycles. The van der Waals surface area contributed by atoms with Gasteiger partial charge in [0.2, 0.25) is 0 Å². The third-order valence-corrected chi connectivity index (χ3v) is 9.60. The number of hydrogen-bond donors (Lipinski definition) is 0. The van der Waals surface area contributed by atoms with Crippen LogP contribution in [0.3, 0.4) is 0 Å². The highest BCUT2D eigenvalue weighted by atomic mass is 14.4. The maximum atomic E-state index is 2.35. The van der Waals surface area contributed by atoms with E-state index in [9.17, 15) is 0 Å². The fourth-order valence-corrected chi connectivity index (χ4v) is 7.15. The minimum atomic E-state index is 0.594. The molecular weight excluding hydrogens is 444 g/mol. The molecule has 220 valence electrons. The Balaban J connectivity index is 2.81. The van der Waals surface area contributed by atoms with Crippen LogP contribution < -0.4 is 0 Å².